The van der Waals surface area contributed by atoms with Crippen molar-refractivity contribution in [1.82, 2.24) is 25.0 Å². The summed E-state index contributed by atoms with van der Waals surface area (Å²) in [5, 5.41) is 12.0. The Morgan fingerprint density at radius 1 is 1.06 bits per heavy atom. The normalized spacial score (nSPS) is 18.0. The number of nitrogens with zero attached hydrogens (tertiary/aromatic N) is 4. The summed E-state index contributed by atoms with van der Waals surface area (Å²) in [6.07, 6.45) is 7.41. The van der Waals surface area contributed by atoms with Crippen LogP contribution in [0.15, 0.2) is 24.3 Å². The van der Waals surface area contributed by atoms with E-state index >= 15 is 0 Å². The predicted molar refractivity (Wildman–Crippen MR) is 123 cm³/mol. The first-order chi connectivity index (χ1) is 15.1. The van der Waals surface area contributed by atoms with Gasteiger partial charge in [-0.3, -0.25) is 9.69 Å². The van der Waals surface area contributed by atoms with Gasteiger partial charge < -0.3 is 9.88 Å². The molecule has 0 unspecified atom stereocenters. The molecule has 1 aromatic carbocycles. The van der Waals surface area contributed by atoms with Gasteiger partial charge in [0, 0.05) is 51.5 Å². The van der Waals surface area contributed by atoms with E-state index in [0.29, 0.717) is 12.5 Å². The Kier molecular flexibility index (Phi) is 7.38. The maximum Gasteiger partial charge on any atom is 0.223 e. The highest BCUT2D eigenvalue weighted by atomic mass is 16.1. The fourth-order valence-corrected chi connectivity index (χ4v) is 4.84. The minimum atomic E-state index is 0.215. The van der Waals surface area contributed by atoms with E-state index in [1.54, 1.807) is 0 Å². The topological polar surface area (TPSA) is 63.1 Å². The Balaban J connectivity index is 1.27. The summed E-state index contributed by atoms with van der Waals surface area (Å²) < 4.78 is 2.27. The van der Waals surface area contributed by atoms with Crippen LogP contribution in [0, 0.1) is 5.92 Å². The molecule has 2 aromatic rings. The van der Waals surface area contributed by atoms with Crippen molar-refractivity contribution in [2.45, 2.75) is 77.8 Å². The molecule has 1 N–H and O–H groups in total. The number of hydrogen-bond donors (Lipinski definition) is 1. The number of fused-ring (bicyclic) bond motifs is 1. The Hall–Kier alpha value is -2.21. The van der Waals surface area contributed by atoms with Crippen molar-refractivity contribution >= 4 is 5.91 Å². The number of carbonyl (C=O) groups is 1. The van der Waals surface area contributed by atoms with Gasteiger partial charge in [0.15, 0.2) is 0 Å². The molecule has 168 valence electrons. The van der Waals surface area contributed by atoms with E-state index in [1.807, 2.05) is 0 Å². The van der Waals surface area contributed by atoms with Gasteiger partial charge in [0.1, 0.15) is 11.6 Å². The third-order valence-electron chi connectivity index (χ3n) is 6.87. The van der Waals surface area contributed by atoms with Crippen LogP contribution in [-0.4, -0.2) is 45.2 Å². The lowest BCUT2D eigenvalue weighted by Gasteiger charge is -2.21. The number of nitrogens with one attached hydrogen (secondary N) is 1. The van der Waals surface area contributed by atoms with Gasteiger partial charge >= 0.3 is 0 Å². The van der Waals surface area contributed by atoms with Crippen LogP contribution in [0.1, 0.15) is 74.6 Å². The van der Waals surface area contributed by atoms with Crippen LogP contribution in [0.2, 0.25) is 0 Å². The van der Waals surface area contributed by atoms with Crippen LogP contribution >= 0.6 is 0 Å². The first kappa shape index (κ1) is 22.0. The fourth-order valence-electron chi connectivity index (χ4n) is 4.84. The van der Waals surface area contributed by atoms with E-state index in [1.165, 1.54) is 30.4 Å². The summed E-state index contributed by atoms with van der Waals surface area (Å²) in [7, 11) is 0. The second kappa shape index (κ2) is 10.4. The molecule has 0 atom stereocenters. The van der Waals surface area contributed by atoms with Crippen molar-refractivity contribution in [3.8, 4) is 0 Å². The molecule has 4 rings (SSSR count). The van der Waals surface area contributed by atoms with Gasteiger partial charge in [0.2, 0.25) is 5.91 Å². The molecule has 1 amide bonds. The molecular formula is C25H37N5O. The summed E-state index contributed by atoms with van der Waals surface area (Å²) in [4.78, 5) is 14.9. The van der Waals surface area contributed by atoms with E-state index in [-0.39, 0.29) is 11.8 Å². The van der Waals surface area contributed by atoms with Crippen LogP contribution in [-0.2, 0) is 30.7 Å². The van der Waals surface area contributed by atoms with Crippen LogP contribution < -0.4 is 5.32 Å². The van der Waals surface area contributed by atoms with Gasteiger partial charge in [0.05, 0.1) is 0 Å². The zero-order valence-corrected chi connectivity index (χ0v) is 19.1. The molecule has 0 bridgehead atoms. The summed E-state index contributed by atoms with van der Waals surface area (Å²) >= 11 is 0. The number of amides is 1. The molecule has 1 aliphatic carbocycles. The average molecular weight is 424 g/mol. The van der Waals surface area contributed by atoms with Crippen molar-refractivity contribution in [2.75, 3.05) is 19.6 Å². The molecule has 1 fully saturated rings. The minimum Gasteiger partial charge on any atom is -0.355 e. The van der Waals surface area contributed by atoms with E-state index in [9.17, 15) is 4.79 Å². The number of hydrogen-bond acceptors (Lipinski definition) is 4. The fraction of sp³-hybridized carbons (Fsp3) is 0.640. The van der Waals surface area contributed by atoms with Crippen molar-refractivity contribution < 1.29 is 4.79 Å². The maximum absolute atomic E-state index is 12.4. The van der Waals surface area contributed by atoms with E-state index in [0.717, 1.165) is 63.5 Å². The molecular weight excluding hydrogens is 386 g/mol. The third-order valence-corrected chi connectivity index (χ3v) is 6.87. The lowest BCUT2D eigenvalue weighted by molar-refractivity contribution is -0.125. The van der Waals surface area contributed by atoms with Crippen molar-refractivity contribution in [3.05, 3.63) is 47.0 Å². The van der Waals surface area contributed by atoms with Crippen molar-refractivity contribution in [1.29, 1.82) is 0 Å². The van der Waals surface area contributed by atoms with E-state index in [2.05, 4.69) is 63.1 Å². The lowest BCUT2D eigenvalue weighted by atomic mass is 9.89. The third kappa shape index (κ3) is 5.73. The molecule has 1 aromatic heterocycles. The van der Waals surface area contributed by atoms with Crippen LogP contribution in [0.5, 0.6) is 0 Å². The molecule has 0 spiro atoms. The summed E-state index contributed by atoms with van der Waals surface area (Å²) in [6, 6.07) is 9.04. The number of carbonyl (C=O) groups excluding carboxylic acids is 1. The Bertz CT molecular complexity index is 851. The number of rotatable bonds is 7. The lowest BCUT2D eigenvalue weighted by Crippen LogP contribution is -2.33. The molecule has 0 saturated heterocycles. The van der Waals surface area contributed by atoms with Crippen molar-refractivity contribution in [3.63, 3.8) is 0 Å². The zero-order chi connectivity index (χ0) is 21.6. The van der Waals surface area contributed by atoms with E-state index in [4.69, 9.17) is 0 Å². The van der Waals surface area contributed by atoms with Gasteiger partial charge in [-0.05, 0) is 29.9 Å². The van der Waals surface area contributed by atoms with Gasteiger partial charge in [-0.25, -0.2) is 0 Å². The highest BCUT2D eigenvalue weighted by Gasteiger charge is 2.22. The first-order valence-electron chi connectivity index (χ1n) is 12.1. The molecule has 1 saturated carbocycles. The van der Waals surface area contributed by atoms with Crippen LogP contribution in [0.3, 0.4) is 0 Å². The highest BCUT2D eigenvalue weighted by molar-refractivity contribution is 5.78. The SMILES string of the molecule is CC(C)c1ccc(CN2CCc3nnc(CCNC(=O)C4CCCCC4)n3CC2)cc1. The Labute approximate surface area is 186 Å². The number of benzene rings is 1. The minimum absolute atomic E-state index is 0.215. The molecule has 31 heavy (non-hydrogen) atoms. The van der Waals surface area contributed by atoms with Gasteiger partial charge in [-0.2, -0.15) is 0 Å². The predicted octanol–water partition coefficient (Wildman–Crippen LogP) is 3.70. The van der Waals surface area contributed by atoms with Crippen LogP contribution in [0.25, 0.3) is 0 Å². The quantitative estimate of drug-likeness (QED) is 0.738. The summed E-state index contributed by atoms with van der Waals surface area (Å²) in [5.74, 6) is 3.09. The Morgan fingerprint density at radius 3 is 2.58 bits per heavy atom. The van der Waals surface area contributed by atoms with Gasteiger partial charge in [-0.15, -0.1) is 10.2 Å². The molecule has 2 heterocycles. The Morgan fingerprint density at radius 2 is 1.84 bits per heavy atom. The molecule has 0 radical (unpaired) electrons. The second-order valence-corrected chi connectivity index (χ2v) is 9.48. The molecule has 1 aliphatic heterocycles. The summed E-state index contributed by atoms with van der Waals surface area (Å²) in [6.45, 7) is 9.01. The number of aromatic nitrogens is 3. The highest BCUT2D eigenvalue weighted by Crippen LogP contribution is 2.23. The standard InChI is InChI=1S/C25H37N5O/c1-19(2)21-10-8-20(9-11-21)18-29-15-13-24-28-27-23(30(24)17-16-29)12-14-26-25(31)22-6-4-3-5-7-22/h8-11,19,22H,3-7,12-18H2,1-2H3,(H,26,31). The maximum atomic E-state index is 12.4. The monoisotopic (exact) mass is 423 g/mol. The van der Waals surface area contributed by atoms with Crippen molar-refractivity contribution in [2.24, 2.45) is 5.92 Å². The summed E-state index contributed by atoms with van der Waals surface area (Å²) in [5.41, 5.74) is 2.76. The largest absolute Gasteiger partial charge is 0.355 e. The zero-order valence-electron chi connectivity index (χ0n) is 19.1. The first-order valence-corrected chi connectivity index (χ1v) is 12.1. The smallest absolute Gasteiger partial charge is 0.223 e. The van der Waals surface area contributed by atoms with Gasteiger partial charge in [0.25, 0.3) is 0 Å². The molecule has 6 heteroatoms. The average Bonchev–Trinajstić information content (AvgIpc) is 3.06. The van der Waals surface area contributed by atoms with Crippen LogP contribution in [0.4, 0.5) is 0 Å². The second-order valence-electron chi connectivity index (χ2n) is 9.48. The van der Waals surface area contributed by atoms with Gasteiger partial charge in [-0.1, -0.05) is 57.4 Å². The van der Waals surface area contributed by atoms with E-state index < -0.39 is 0 Å². The molecule has 2 aliphatic rings. The molecule has 6 nitrogen and oxygen atoms in total.